The van der Waals surface area contributed by atoms with E-state index >= 15 is 0 Å². The van der Waals surface area contributed by atoms with Gasteiger partial charge in [0.05, 0.1) is 0 Å². The predicted octanol–water partition coefficient (Wildman–Crippen LogP) is 3.42. The summed E-state index contributed by atoms with van der Waals surface area (Å²) in [7, 11) is 0. The Labute approximate surface area is 136 Å². The summed E-state index contributed by atoms with van der Waals surface area (Å²) in [5, 5.41) is 5.48. The van der Waals surface area contributed by atoms with Gasteiger partial charge in [0.1, 0.15) is 5.70 Å². The summed E-state index contributed by atoms with van der Waals surface area (Å²) in [5.41, 5.74) is 3.77. The second-order valence-corrected chi connectivity index (χ2v) is 5.37. The molecule has 23 heavy (non-hydrogen) atoms. The zero-order valence-corrected chi connectivity index (χ0v) is 13.5. The van der Waals surface area contributed by atoms with Gasteiger partial charge in [-0.1, -0.05) is 48.5 Å². The molecule has 0 spiro atoms. The standard InChI is InChI=1S/C19H20N2O2/c1-13-8-7-9-14(2)18(13)21-19(23)17(20-15(3)22)12-16-10-5-4-6-11-16/h4-12H,1-3H3,(H,20,22)(H,21,23)/b17-12-. The quantitative estimate of drug-likeness (QED) is 0.850. The zero-order valence-electron chi connectivity index (χ0n) is 13.5. The highest BCUT2D eigenvalue weighted by molar-refractivity contribution is 6.09. The van der Waals surface area contributed by atoms with Crippen LogP contribution in [0, 0.1) is 13.8 Å². The van der Waals surface area contributed by atoms with Gasteiger partial charge in [0.25, 0.3) is 5.91 Å². The lowest BCUT2D eigenvalue weighted by molar-refractivity contribution is -0.120. The molecular weight excluding hydrogens is 288 g/mol. The maximum atomic E-state index is 12.6. The van der Waals surface area contributed by atoms with Crippen molar-refractivity contribution in [2.75, 3.05) is 5.32 Å². The average Bonchev–Trinajstić information content (AvgIpc) is 2.51. The summed E-state index contributed by atoms with van der Waals surface area (Å²) in [6.07, 6.45) is 1.66. The fourth-order valence-electron chi connectivity index (χ4n) is 2.26. The van der Waals surface area contributed by atoms with Gasteiger partial charge >= 0.3 is 0 Å². The minimum atomic E-state index is -0.346. The first-order valence-corrected chi connectivity index (χ1v) is 7.39. The smallest absolute Gasteiger partial charge is 0.272 e. The van der Waals surface area contributed by atoms with Crippen LogP contribution in [0.25, 0.3) is 6.08 Å². The van der Waals surface area contributed by atoms with Crippen LogP contribution in [0.3, 0.4) is 0 Å². The van der Waals surface area contributed by atoms with E-state index in [1.807, 2.05) is 62.4 Å². The van der Waals surface area contributed by atoms with Gasteiger partial charge in [-0.05, 0) is 36.6 Å². The van der Waals surface area contributed by atoms with E-state index in [1.54, 1.807) is 6.08 Å². The second-order valence-electron chi connectivity index (χ2n) is 5.37. The number of hydrogen-bond donors (Lipinski definition) is 2. The molecule has 0 bridgehead atoms. The molecule has 0 heterocycles. The molecule has 2 rings (SSSR count). The van der Waals surface area contributed by atoms with Crippen molar-refractivity contribution in [3.8, 4) is 0 Å². The molecule has 0 fully saturated rings. The van der Waals surface area contributed by atoms with E-state index in [9.17, 15) is 9.59 Å². The number of anilines is 1. The number of carbonyl (C=O) groups excluding carboxylic acids is 2. The van der Waals surface area contributed by atoms with E-state index in [4.69, 9.17) is 0 Å². The zero-order chi connectivity index (χ0) is 16.8. The highest BCUT2D eigenvalue weighted by Gasteiger charge is 2.13. The summed E-state index contributed by atoms with van der Waals surface area (Å²) in [6, 6.07) is 15.2. The van der Waals surface area contributed by atoms with E-state index in [-0.39, 0.29) is 17.5 Å². The number of aryl methyl sites for hydroxylation is 2. The molecule has 2 N–H and O–H groups in total. The van der Waals surface area contributed by atoms with Crippen LogP contribution in [0.5, 0.6) is 0 Å². The number of nitrogens with one attached hydrogen (secondary N) is 2. The fraction of sp³-hybridized carbons (Fsp3) is 0.158. The number of hydrogen-bond acceptors (Lipinski definition) is 2. The van der Waals surface area contributed by atoms with Gasteiger partial charge in [-0.15, -0.1) is 0 Å². The largest absolute Gasteiger partial charge is 0.322 e. The van der Waals surface area contributed by atoms with E-state index < -0.39 is 0 Å². The Balaban J connectivity index is 2.31. The first-order valence-electron chi connectivity index (χ1n) is 7.39. The maximum absolute atomic E-state index is 12.6. The van der Waals surface area contributed by atoms with Crippen molar-refractivity contribution in [3.05, 3.63) is 70.9 Å². The molecule has 2 aromatic rings. The highest BCUT2D eigenvalue weighted by Crippen LogP contribution is 2.20. The first-order chi connectivity index (χ1) is 11.0. The maximum Gasteiger partial charge on any atom is 0.272 e. The Morgan fingerprint density at radius 3 is 2.09 bits per heavy atom. The molecule has 0 aromatic heterocycles. The molecule has 4 nitrogen and oxygen atoms in total. The molecule has 0 radical (unpaired) electrons. The van der Waals surface area contributed by atoms with Gasteiger partial charge in [-0.25, -0.2) is 0 Å². The van der Waals surface area contributed by atoms with Gasteiger partial charge in [0.15, 0.2) is 0 Å². The van der Waals surface area contributed by atoms with E-state index in [0.29, 0.717) is 0 Å². The average molecular weight is 308 g/mol. The van der Waals surface area contributed by atoms with Crippen LogP contribution in [-0.4, -0.2) is 11.8 Å². The number of para-hydroxylation sites is 1. The van der Waals surface area contributed by atoms with Crippen molar-refractivity contribution in [2.45, 2.75) is 20.8 Å². The summed E-state index contributed by atoms with van der Waals surface area (Å²) >= 11 is 0. The third-order valence-corrected chi connectivity index (χ3v) is 3.39. The molecule has 4 heteroatoms. The second kappa shape index (κ2) is 7.40. The lowest BCUT2D eigenvalue weighted by Gasteiger charge is -2.13. The Hall–Kier alpha value is -2.88. The van der Waals surface area contributed by atoms with Gasteiger partial charge in [-0.3, -0.25) is 9.59 Å². The minimum Gasteiger partial charge on any atom is -0.322 e. The van der Waals surface area contributed by atoms with Gasteiger partial charge in [0, 0.05) is 12.6 Å². The van der Waals surface area contributed by atoms with Crippen LogP contribution in [0.2, 0.25) is 0 Å². The van der Waals surface area contributed by atoms with Gasteiger partial charge < -0.3 is 10.6 Å². The summed E-state index contributed by atoms with van der Waals surface area (Å²) < 4.78 is 0. The van der Waals surface area contributed by atoms with Crippen LogP contribution >= 0.6 is 0 Å². The monoisotopic (exact) mass is 308 g/mol. The summed E-state index contributed by atoms with van der Waals surface area (Å²) in [6.45, 7) is 5.24. The Kier molecular flexibility index (Phi) is 5.31. The number of amides is 2. The molecule has 0 aliphatic heterocycles. The SMILES string of the molecule is CC(=O)N/C(=C\c1ccccc1)C(=O)Nc1c(C)cccc1C. The Morgan fingerprint density at radius 1 is 0.913 bits per heavy atom. The van der Waals surface area contributed by atoms with Gasteiger partial charge in [-0.2, -0.15) is 0 Å². The van der Waals surface area contributed by atoms with Crippen LogP contribution in [-0.2, 0) is 9.59 Å². The molecule has 0 atom stereocenters. The predicted molar refractivity (Wildman–Crippen MR) is 92.8 cm³/mol. The molecule has 0 saturated heterocycles. The Morgan fingerprint density at radius 2 is 1.52 bits per heavy atom. The van der Waals surface area contributed by atoms with Crippen molar-refractivity contribution in [1.29, 1.82) is 0 Å². The highest BCUT2D eigenvalue weighted by atomic mass is 16.2. The molecule has 0 unspecified atom stereocenters. The van der Waals surface area contributed by atoms with Crippen molar-refractivity contribution in [2.24, 2.45) is 0 Å². The lowest BCUT2D eigenvalue weighted by Crippen LogP contribution is -2.29. The fourth-order valence-corrected chi connectivity index (χ4v) is 2.26. The normalized spacial score (nSPS) is 11.0. The third-order valence-electron chi connectivity index (χ3n) is 3.39. The molecule has 2 aromatic carbocycles. The van der Waals surface area contributed by atoms with Crippen molar-refractivity contribution >= 4 is 23.6 Å². The topological polar surface area (TPSA) is 58.2 Å². The summed E-state index contributed by atoms with van der Waals surface area (Å²) in [5.74, 6) is -0.634. The molecular formula is C19H20N2O2. The lowest BCUT2D eigenvalue weighted by atomic mass is 10.1. The van der Waals surface area contributed by atoms with E-state index in [0.717, 1.165) is 22.4 Å². The third kappa shape index (κ3) is 4.54. The van der Waals surface area contributed by atoms with E-state index in [1.165, 1.54) is 6.92 Å². The Bertz CT molecular complexity index is 729. The van der Waals surface area contributed by atoms with Crippen molar-refractivity contribution in [3.63, 3.8) is 0 Å². The van der Waals surface area contributed by atoms with E-state index in [2.05, 4.69) is 10.6 Å². The van der Waals surface area contributed by atoms with Crippen molar-refractivity contribution < 1.29 is 9.59 Å². The molecule has 0 aliphatic carbocycles. The summed E-state index contributed by atoms with van der Waals surface area (Å²) in [4.78, 5) is 24.0. The van der Waals surface area contributed by atoms with Crippen LogP contribution in [0.4, 0.5) is 5.69 Å². The number of rotatable bonds is 4. The first kappa shape index (κ1) is 16.5. The van der Waals surface area contributed by atoms with Crippen LogP contribution < -0.4 is 10.6 Å². The number of carbonyl (C=O) groups is 2. The van der Waals surface area contributed by atoms with Gasteiger partial charge in [0.2, 0.25) is 5.91 Å². The minimum absolute atomic E-state index is 0.214. The van der Waals surface area contributed by atoms with Crippen molar-refractivity contribution in [1.82, 2.24) is 5.32 Å². The molecule has 0 saturated carbocycles. The number of benzene rings is 2. The molecule has 2 amide bonds. The molecule has 0 aliphatic rings. The molecule has 118 valence electrons. The van der Waals surface area contributed by atoms with Crippen LogP contribution in [0.15, 0.2) is 54.2 Å². The van der Waals surface area contributed by atoms with Crippen LogP contribution in [0.1, 0.15) is 23.6 Å².